The fourth-order valence-corrected chi connectivity index (χ4v) is 5.68. The summed E-state index contributed by atoms with van der Waals surface area (Å²) in [6, 6.07) is 24.0. The van der Waals surface area contributed by atoms with Crippen LogP contribution in [0.4, 0.5) is 5.13 Å². The van der Waals surface area contributed by atoms with Crippen LogP contribution in [-0.2, 0) is 13.2 Å². The Morgan fingerprint density at radius 2 is 1.61 bits per heavy atom. The smallest absolute Gasteiger partial charge is 0.335 e. The third-order valence-electron chi connectivity index (χ3n) is 7.05. The Kier molecular flexibility index (Phi) is 9.43. The summed E-state index contributed by atoms with van der Waals surface area (Å²) in [5, 5.41) is 12.0. The molecule has 0 radical (unpaired) electrons. The van der Waals surface area contributed by atoms with Gasteiger partial charge in [0.05, 0.1) is 11.3 Å². The molecule has 198 valence electrons. The first kappa shape index (κ1) is 27.7. The third kappa shape index (κ3) is 6.94. The molecule has 0 amide bonds. The summed E-state index contributed by atoms with van der Waals surface area (Å²) in [4.78, 5) is 17.9. The number of anilines is 1. The van der Waals surface area contributed by atoms with Crippen molar-refractivity contribution in [3.63, 3.8) is 0 Å². The Morgan fingerprint density at radius 1 is 0.947 bits per heavy atom. The van der Waals surface area contributed by atoms with E-state index in [2.05, 4.69) is 34.5 Å². The first-order chi connectivity index (χ1) is 18.0. The van der Waals surface area contributed by atoms with Crippen LogP contribution in [-0.4, -0.2) is 23.1 Å². The van der Waals surface area contributed by atoms with Crippen molar-refractivity contribution in [2.75, 3.05) is 11.9 Å². The normalized spacial score (nSPS) is 13.5. The molecule has 38 heavy (non-hydrogen) atoms. The van der Waals surface area contributed by atoms with E-state index in [9.17, 15) is 4.79 Å². The molecule has 1 saturated carbocycles. The van der Waals surface area contributed by atoms with Gasteiger partial charge in [-0.25, -0.2) is 9.78 Å². The highest BCUT2D eigenvalue weighted by molar-refractivity contribution is 7.14. The second-order valence-corrected chi connectivity index (χ2v) is 10.6. The van der Waals surface area contributed by atoms with Crippen molar-refractivity contribution in [1.29, 1.82) is 0 Å². The zero-order chi connectivity index (χ0) is 25.6. The van der Waals surface area contributed by atoms with Gasteiger partial charge in [0, 0.05) is 24.5 Å². The predicted octanol–water partition coefficient (Wildman–Crippen LogP) is 8.19. The summed E-state index contributed by atoms with van der Waals surface area (Å²) in [7, 11) is 1.99. The number of halogens is 1. The maximum Gasteiger partial charge on any atom is 0.335 e. The fraction of sp³-hybridized carbons (Fsp3) is 0.290. The maximum absolute atomic E-state index is 11.1. The van der Waals surface area contributed by atoms with Crippen LogP contribution in [0.15, 0.2) is 78.2 Å². The minimum Gasteiger partial charge on any atom is -0.489 e. The molecule has 0 saturated heterocycles. The molecule has 0 spiro atoms. The highest BCUT2D eigenvalue weighted by Gasteiger charge is 2.15. The molecule has 1 aliphatic carbocycles. The van der Waals surface area contributed by atoms with Gasteiger partial charge >= 0.3 is 5.97 Å². The lowest BCUT2D eigenvalue weighted by atomic mass is 9.84. The average Bonchev–Trinajstić information content (AvgIpc) is 3.44. The molecule has 1 N–H and O–H groups in total. The number of nitrogens with zero attached hydrogens (tertiary/aromatic N) is 2. The summed E-state index contributed by atoms with van der Waals surface area (Å²) >= 11 is 1.59. The molecule has 7 heteroatoms. The quantitative estimate of drug-likeness (QED) is 0.228. The highest BCUT2D eigenvalue weighted by atomic mass is 35.5. The lowest BCUT2D eigenvalue weighted by Crippen LogP contribution is -2.16. The molecule has 0 unspecified atom stereocenters. The Hall–Kier alpha value is -3.35. The van der Waals surface area contributed by atoms with Crippen molar-refractivity contribution in [2.24, 2.45) is 0 Å². The van der Waals surface area contributed by atoms with Crippen LogP contribution in [0.1, 0.15) is 65.1 Å². The van der Waals surface area contributed by atoms with Crippen LogP contribution in [0.2, 0.25) is 0 Å². The van der Waals surface area contributed by atoms with Gasteiger partial charge in [0.1, 0.15) is 12.4 Å². The predicted molar refractivity (Wildman–Crippen MR) is 157 cm³/mol. The van der Waals surface area contributed by atoms with Crippen molar-refractivity contribution in [1.82, 2.24) is 4.98 Å². The molecule has 0 aliphatic heterocycles. The largest absolute Gasteiger partial charge is 0.489 e. The van der Waals surface area contributed by atoms with Crippen LogP contribution >= 0.6 is 23.7 Å². The zero-order valence-corrected chi connectivity index (χ0v) is 23.1. The number of ether oxygens (including phenoxy) is 1. The molecular formula is C31H33ClN2O3S. The number of thiazole rings is 1. The number of hydrogen-bond donors (Lipinski definition) is 1. The average molecular weight is 549 g/mol. The van der Waals surface area contributed by atoms with Crippen LogP contribution in [0, 0.1) is 0 Å². The van der Waals surface area contributed by atoms with Crippen molar-refractivity contribution >= 4 is 34.8 Å². The second-order valence-electron chi connectivity index (χ2n) is 9.76. The molecule has 4 aromatic rings. The van der Waals surface area contributed by atoms with Gasteiger partial charge in [0.15, 0.2) is 5.13 Å². The van der Waals surface area contributed by atoms with Crippen LogP contribution in [0.3, 0.4) is 0 Å². The molecule has 1 fully saturated rings. The van der Waals surface area contributed by atoms with E-state index in [4.69, 9.17) is 14.8 Å². The summed E-state index contributed by atoms with van der Waals surface area (Å²) in [5.74, 6) is 0.662. The van der Waals surface area contributed by atoms with Crippen molar-refractivity contribution < 1.29 is 14.6 Å². The minimum atomic E-state index is -0.913. The van der Waals surface area contributed by atoms with Crippen LogP contribution in [0.25, 0.3) is 11.3 Å². The Morgan fingerprint density at radius 3 is 2.26 bits per heavy atom. The number of hydrogen-bond acceptors (Lipinski definition) is 5. The van der Waals surface area contributed by atoms with Gasteiger partial charge in [-0.1, -0.05) is 55.7 Å². The molecule has 1 heterocycles. The van der Waals surface area contributed by atoms with Gasteiger partial charge in [-0.05, 0) is 71.8 Å². The lowest BCUT2D eigenvalue weighted by molar-refractivity contribution is 0.0697. The van der Waals surface area contributed by atoms with Gasteiger partial charge in [0.2, 0.25) is 0 Å². The number of carbonyl (C=O) groups is 1. The number of aromatic carboxylic acids is 1. The summed E-state index contributed by atoms with van der Waals surface area (Å²) < 4.78 is 6.04. The van der Waals surface area contributed by atoms with E-state index in [1.54, 1.807) is 23.5 Å². The van der Waals surface area contributed by atoms with Crippen molar-refractivity contribution in [3.05, 3.63) is 100 Å². The van der Waals surface area contributed by atoms with Gasteiger partial charge in [-0.15, -0.1) is 23.7 Å². The first-order valence-electron chi connectivity index (χ1n) is 12.9. The number of carboxylic acid groups (broad SMARTS) is 1. The second kappa shape index (κ2) is 12.9. The molecule has 1 aliphatic rings. The van der Waals surface area contributed by atoms with E-state index in [1.807, 2.05) is 43.4 Å². The molecule has 0 bridgehead atoms. The number of aromatic nitrogens is 1. The van der Waals surface area contributed by atoms with E-state index in [-0.39, 0.29) is 12.4 Å². The standard InChI is InChI=1S/C31H32N2O3S.ClH/c1-33(19-22-7-13-27(14-8-22)30(34)35)31-32-29(21-37-31)26-15-17-28(18-16-26)36-20-23-9-11-25(12-10-23)24-5-3-2-4-6-24;/h7-18,21,24H,2-6,19-20H2,1H3,(H,34,35);1H. The van der Waals surface area contributed by atoms with Gasteiger partial charge < -0.3 is 14.7 Å². The molecule has 0 atom stereocenters. The molecule has 1 aromatic heterocycles. The zero-order valence-electron chi connectivity index (χ0n) is 21.5. The first-order valence-corrected chi connectivity index (χ1v) is 13.7. The topological polar surface area (TPSA) is 62.7 Å². The van der Waals surface area contributed by atoms with Crippen molar-refractivity contribution in [2.45, 2.75) is 51.2 Å². The molecule has 5 rings (SSSR count). The summed E-state index contributed by atoms with van der Waals surface area (Å²) in [6.45, 7) is 1.21. The van der Waals surface area contributed by atoms with E-state index in [1.165, 1.54) is 43.2 Å². The maximum atomic E-state index is 11.1. The van der Waals surface area contributed by atoms with Gasteiger partial charge in [-0.2, -0.15) is 0 Å². The third-order valence-corrected chi connectivity index (χ3v) is 8.01. The van der Waals surface area contributed by atoms with E-state index < -0.39 is 5.97 Å². The SMILES string of the molecule is CN(Cc1ccc(C(=O)O)cc1)c1nc(-c2ccc(OCc3ccc(C4CCCCC4)cc3)cc2)cs1.Cl. The number of rotatable bonds is 9. The Balaban J connectivity index is 0.00000336. The van der Waals surface area contributed by atoms with Gasteiger partial charge in [0.25, 0.3) is 0 Å². The summed E-state index contributed by atoms with van der Waals surface area (Å²) in [6.07, 6.45) is 6.74. The monoisotopic (exact) mass is 548 g/mol. The number of benzene rings is 3. The Labute approximate surface area is 234 Å². The van der Waals surface area contributed by atoms with Crippen molar-refractivity contribution in [3.8, 4) is 17.0 Å². The minimum absolute atomic E-state index is 0. The van der Waals surface area contributed by atoms with Crippen LogP contribution in [0.5, 0.6) is 5.75 Å². The fourth-order valence-electron chi connectivity index (χ4n) is 4.88. The van der Waals surface area contributed by atoms with Crippen LogP contribution < -0.4 is 9.64 Å². The van der Waals surface area contributed by atoms with E-state index in [0.717, 1.165) is 33.6 Å². The summed E-state index contributed by atoms with van der Waals surface area (Å²) in [5.41, 5.74) is 5.96. The van der Waals surface area contributed by atoms with E-state index in [0.29, 0.717) is 18.7 Å². The van der Waals surface area contributed by atoms with E-state index >= 15 is 0 Å². The lowest BCUT2D eigenvalue weighted by Gasteiger charge is -2.22. The Bertz CT molecular complexity index is 1310. The highest BCUT2D eigenvalue weighted by Crippen LogP contribution is 2.33. The van der Waals surface area contributed by atoms with Gasteiger partial charge in [-0.3, -0.25) is 0 Å². The molecular weight excluding hydrogens is 516 g/mol. The molecule has 5 nitrogen and oxygen atoms in total. The molecule has 3 aromatic carbocycles. The number of carboxylic acids is 1.